The summed E-state index contributed by atoms with van der Waals surface area (Å²) in [7, 11) is 0. The van der Waals surface area contributed by atoms with E-state index in [2.05, 4.69) is 97.1 Å². The number of fused-ring (bicyclic) bond motifs is 2. The van der Waals surface area contributed by atoms with Crippen LogP contribution in [0.4, 0.5) is 0 Å². The van der Waals surface area contributed by atoms with Crippen molar-refractivity contribution < 1.29 is 0 Å². The molecule has 0 N–H and O–H groups in total. The second kappa shape index (κ2) is 10.2. The van der Waals surface area contributed by atoms with Gasteiger partial charge < -0.3 is 0 Å². The summed E-state index contributed by atoms with van der Waals surface area (Å²) in [6.45, 7) is 0. The van der Waals surface area contributed by atoms with Crippen molar-refractivity contribution in [3.63, 3.8) is 0 Å². The van der Waals surface area contributed by atoms with Gasteiger partial charge in [-0.1, -0.05) is 97.1 Å². The molecule has 0 saturated heterocycles. The summed E-state index contributed by atoms with van der Waals surface area (Å²) in [4.78, 5) is 0. The second-order valence-corrected chi connectivity index (χ2v) is 4.69. The zero-order chi connectivity index (χ0) is 13.6. The molecule has 4 rings (SSSR count). The van der Waals surface area contributed by atoms with Gasteiger partial charge in [-0.25, -0.2) is 0 Å². The summed E-state index contributed by atoms with van der Waals surface area (Å²) in [5, 5.41) is 5.24. The van der Waals surface area contributed by atoms with Gasteiger partial charge in [-0.2, -0.15) is 0 Å². The Labute approximate surface area is 176 Å². The smallest absolute Gasteiger partial charge is 0 e. The molecule has 0 unspecified atom stereocenters. The van der Waals surface area contributed by atoms with Crippen LogP contribution in [0.25, 0.3) is 21.5 Å². The topological polar surface area (TPSA) is 0 Å². The van der Waals surface area contributed by atoms with Crippen molar-refractivity contribution in [3.05, 3.63) is 97.1 Å². The third-order valence-corrected chi connectivity index (χ3v) is 3.32. The molecule has 0 bridgehead atoms. The van der Waals surface area contributed by atoms with E-state index in [1.807, 2.05) is 0 Å². The molecule has 0 aromatic heterocycles. The van der Waals surface area contributed by atoms with Gasteiger partial charge >= 0.3 is 0 Å². The average Bonchev–Trinajstić information content (AvgIpc) is 2.56. The van der Waals surface area contributed by atoms with Crippen LogP contribution < -0.4 is 0 Å². The van der Waals surface area contributed by atoms with Crippen molar-refractivity contribution in [2.75, 3.05) is 0 Å². The van der Waals surface area contributed by atoms with Crippen LogP contribution in [-0.2, 0) is 0 Å². The normalized spacial score (nSPS) is 9.09. The average molecular weight is 302 g/mol. The van der Waals surface area contributed by atoms with Gasteiger partial charge in [0.15, 0.2) is 0 Å². The minimum absolute atomic E-state index is 0. The fourth-order valence-corrected chi connectivity index (χ4v) is 2.27. The standard InChI is InChI=1S/2C10H8.2Na/c2*1-2-6-10-8-4-3-7-9(10)5-1;;/h2*1-8H;;. The van der Waals surface area contributed by atoms with Crippen LogP contribution in [0, 0.1) is 0 Å². The Kier molecular flexibility index (Phi) is 9.04. The third-order valence-electron chi connectivity index (χ3n) is 3.32. The minimum atomic E-state index is 0. The molecular weight excluding hydrogens is 286 g/mol. The Balaban J connectivity index is 0.000000202. The Morgan fingerprint density at radius 2 is 0.409 bits per heavy atom. The van der Waals surface area contributed by atoms with Crippen molar-refractivity contribution in [1.82, 2.24) is 0 Å². The summed E-state index contributed by atoms with van der Waals surface area (Å²) in [6.07, 6.45) is 0. The fourth-order valence-electron chi connectivity index (χ4n) is 2.27. The van der Waals surface area contributed by atoms with Gasteiger partial charge in [0, 0.05) is 59.1 Å². The van der Waals surface area contributed by atoms with Gasteiger partial charge in [0.25, 0.3) is 0 Å². The summed E-state index contributed by atoms with van der Waals surface area (Å²) >= 11 is 0. The molecule has 0 saturated carbocycles. The van der Waals surface area contributed by atoms with Gasteiger partial charge in [-0.05, 0) is 21.5 Å². The second-order valence-electron chi connectivity index (χ2n) is 4.69. The first kappa shape index (κ1) is 19.4. The van der Waals surface area contributed by atoms with E-state index in [1.54, 1.807) is 0 Å². The Bertz CT molecular complexity index is 623. The van der Waals surface area contributed by atoms with Crippen molar-refractivity contribution in [2.45, 2.75) is 0 Å². The van der Waals surface area contributed by atoms with E-state index in [9.17, 15) is 0 Å². The van der Waals surface area contributed by atoms with Crippen LogP contribution >= 0.6 is 0 Å². The maximum atomic E-state index is 2.12. The molecule has 2 heteroatoms. The largest absolute Gasteiger partial charge is 0.0616 e. The van der Waals surface area contributed by atoms with E-state index < -0.39 is 0 Å². The SMILES string of the molecule is [Na].[Na].c1ccc2ccccc2c1.c1ccc2ccccc2c1. The number of hydrogen-bond donors (Lipinski definition) is 0. The van der Waals surface area contributed by atoms with E-state index in [-0.39, 0.29) is 59.1 Å². The molecule has 0 fully saturated rings. The molecule has 0 heterocycles. The fraction of sp³-hybridized carbons (Fsp3) is 0. The van der Waals surface area contributed by atoms with Gasteiger partial charge in [0.1, 0.15) is 0 Å². The number of rotatable bonds is 0. The van der Waals surface area contributed by atoms with Crippen LogP contribution in [0.5, 0.6) is 0 Å². The van der Waals surface area contributed by atoms with Crippen LogP contribution in [0.15, 0.2) is 97.1 Å². The number of benzene rings is 4. The van der Waals surface area contributed by atoms with Crippen molar-refractivity contribution in [1.29, 1.82) is 0 Å². The molecule has 4 aromatic carbocycles. The van der Waals surface area contributed by atoms with E-state index in [1.165, 1.54) is 21.5 Å². The first-order valence-corrected chi connectivity index (χ1v) is 6.81. The zero-order valence-electron chi connectivity index (χ0n) is 13.2. The first-order chi connectivity index (χ1) is 9.93. The predicted octanol–water partition coefficient (Wildman–Crippen LogP) is 4.92. The summed E-state index contributed by atoms with van der Waals surface area (Å²) < 4.78 is 0. The number of hydrogen-bond acceptors (Lipinski definition) is 0. The molecular formula is C20H16Na2. The maximum absolute atomic E-state index is 2.12. The van der Waals surface area contributed by atoms with Gasteiger partial charge in [-0.3, -0.25) is 0 Å². The van der Waals surface area contributed by atoms with Crippen molar-refractivity contribution >= 4 is 80.7 Å². The van der Waals surface area contributed by atoms with E-state index in [0.29, 0.717) is 0 Å². The predicted molar refractivity (Wildman–Crippen MR) is 99.4 cm³/mol. The van der Waals surface area contributed by atoms with Crippen LogP contribution in [-0.4, -0.2) is 59.1 Å². The zero-order valence-corrected chi connectivity index (χ0v) is 17.2. The van der Waals surface area contributed by atoms with Crippen LogP contribution in [0.2, 0.25) is 0 Å². The Morgan fingerprint density at radius 3 is 0.545 bits per heavy atom. The molecule has 0 spiro atoms. The molecule has 0 atom stereocenters. The first-order valence-electron chi connectivity index (χ1n) is 6.81. The van der Waals surface area contributed by atoms with Gasteiger partial charge in [-0.15, -0.1) is 0 Å². The Morgan fingerprint density at radius 1 is 0.273 bits per heavy atom. The van der Waals surface area contributed by atoms with E-state index >= 15 is 0 Å². The quantitative estimate of drug-likeness (QED) is 0.405. The summed E-state index contributed by atoms with van der Waals surface area (Å²) in [5.74, 6) is 0. The molecule has 0 nitrogen and oxygen atoms in total. The minimum Gasteiger partial charge on any atom is -0.0616 e. The van der Waals surface area contributed by atoms with E-state index in [4.69, 9.17) is 0 Å². The van der Waals surface area contributed by atoms with Crippen LogP contribution in [0.1, 0.15) is 0 Å². The molecule has 0 aliphatic carbocycles. The van der Waals surface area contributed by atoms with E-state index in [0.717, 1.165) is 0 Å². The maximum Gasteiger partial charge on any atom is 0 e. The molecule has 0 amide bonds. The van der Waals surface area contributed by atoms with Crippen LogP contribution in [0.3, 0.4) is 0 Å². The Hall–Kier alpha value is -0.600. The summed E-state index contributed by atoms with van der Waals surface area (Å²) in [5.41, 5.74) is 0. The van der Waals surface area contributed by atoms with Gasteiger partial charge in [0.2, 0.25) is 0 Å². The molecule has 2 radical (unpaired) electrons. The summed E-state index contributed by atoms with van der Waals surface area (Å²) in [6, 6.07) is 33.4. The molecule has 22 heavy (non-hydrogen) atoms. The monoisotopic (exact) mass is 302 g/mol. The third kappa shape index (κ3) is 5.24. The van der Waals surface area contributed by atoms with Crippen molar-refractivity contribution in [3.8, 4) is 0 Å². The van der Waals surface area contributed by atoms with Crippen molar-refractivity contribution in [2.24, 2.45) is 0 Å². The molecule has 4 aromatic rings. The molecule has 0 aliphatic rings. The van der Waals surface area contributed by atoms with Gasteiger partial charge in [0.05, 0.1) is 0 Å². The molecule has 98 valence electrons. The molecule has 0 aliphatic heterocycles.